The summed E-state index contributed by atoms with van der Waals surface area (Å²) in [4.78, 5) is 14.8. The molecule has 1 atom stereocenters. The van der Waals surface area contributed by atoms with E-state index in [1.54, 1.807) is 11.3 Å². The standard InChI is InChI=1S/C10H13BrN2OS/c11-9-4-3-7(15-9)6-13-5-1-2-8(12)10(13)14/h3-4,8H,1-2,5-6,12H2. The Labute approximate surface area is 101 Å². The summed E-state index contributed by atoms with van der Waals surface area (Å²) >= 11 is 5.08. The second kappa shape index (κ2) is 4.63. The largest absolute Gasteiger partial charge is 0.336 e. The molecule has 0 aliphatic carbocycles. The molecular formula is C10H13BrN2OS. The molecule has 0 saturated carbocycles. The second-order valence-corrected chi connectivity index (χ2v) is 6.26. The molecule has 2 N–H and O–H groups in total. The number of likely N-dealkylation sites (tertiary alicyclic amines) is 1. The van der Waals surface area contributed by atoms with Gasteiger partial charge in [-0.25, -0.2) is 0 Å². The minimum absolute atomic E-state index is 0.0887. The molecule has 1 saturated heterocycles. The first-order valence-electron chi connectivity index (χ1n) is 4.95. The monoisotopic (exact) mass is 288 g/mol. The van der Waals surface area contributed by atoms with E-state index in [0.29, 0.717) is 6.54 Å². The van der Waals surface area contributed by atoms with Gasteiger partial charge in [0.05, 0.1) is 16.4 Å². The fourth-order valence-corrected chi connectivity index (χ4v) is 3.25. The quantitative estimate of drug-likeness (QED) is 0.904. The van der Waals surface area contributed by atoms with Gasteiger partial charge in [-0.1, -0.05) is 0 Å². The van der Waals surface area contributed by atoms with Crippen LogP contribution in [0.25, 0.3) is 0 Å². The van der Waals surface area contributed by atoms with Crippen LogP contribution in [0.15, 0.2) is 15.9 Å². The molecule has 0 aromatic carbocycles. The van der Waals surface area contributed by atoms with Crippen molar-refractivity contribution in [3.8, 4) is 0 Å². The van der Waals surface area contributed by atoms with E-state index in [4.69, 9.17) is 5.73 Å². The Bertz CT molecular complexity index is 366. The average Bonchev–Trinajstić information content (AvgIpc) is 2.59. The number of carbonyl (C=O) groups is 1. The highest BCUT2D eigenvalue weighted by Crippen LogP contribution is 2.24. The van der Waals surface area contributed by atoms with E-state index in [-0.39, 0.29) is 11.9 Å². The summed E-state index contributed by atoms with van der Waals surface area (Å²) < 4.78 is 1.10. The van der Waals surface area contributed by atoms with Gasteiger partial charge in [-0.15, -0.1) is 11.3 Å². The van der Waals surface area contributed by atoms with Gasteiger partial charge in [0, 0.05) is 11.4 Å². The Kier molecular flexibility index (Phi) is 3.43. The number of hydrogen-bond donors (Lipinski definition) is 1. The molecule has 5 heteroatoms. The first-order chi connectivity index (χ1) is 7.16. The maximum absolute atomic E-state index is 11.7. The number of halogens is 1. The average molecular weight is 289 g/mol. The predicted octanol–water partition coefficient (Wildman–Crippen LogP) is 1.96. The smallest absolute Gasteiger partial charge is 0.239 e. The minimum Gasteiger partial charge on any atom is -0.336 e. The van der Waals surface area contributed by atoms with Gasteiger partial charge in [0.15, 0.2) is 0 Å². The number of piperidine rings is 1. The maximum atomic E-state index is 11.7. The maximum Gasteiger partial charge on any atom is 0.239 e. The molecule has 0 bridgehead atoms. The van der Waals surface area contributed by atoms with Crippen LogP contribution in [-0.4, -0.2) is 23.4 Å². The third-order valence-corrected chi connectivity index (χ3v) is 4.16. The zero-order valence-corrected chi connectivity index (χ0v) is 10.7. The second-order valence-electron chi connectivity index (χ2n) is 3.71. The molecule has 1 aliphatic heterocycles. The van der Waals surface area contributed by atoms with E-state index < -0.39 is 0 Å². The highest BCUT2D eigenvalue weighted by Gasteiger charge is 2.25. The van der Waals surface area contributed by atoms with E-state index >= 15 is 0 Å². The van der Waals surface area contributed by atoms with Gasteiger partial charge >= 0.3 is 0 Å². The molecule has 3 nitrogen and oxygen atoms in total. The lowest BCUT2D eigenvalue weighted by Gasteiger charge is -2.29. The zero-order valence-electron chi connectivity index (χ0n) is 8.28. The summed E-state index contributed by atoms with van der Waals surface area (Å²) in [5, 5.41) is 0. The summed E-state index contributed by atoms with van der Waals surface area (Å²) in [6.07, 6.45) is 1.84. The lowest BCUT2D eigenvalue weighted by atomic mass is 10.1. The van der Waals surface area contributed by atoms with Gasteiger partial charge in [-0.05, 0) is 40.9 Å². The van der Waals surface area contributed by atoms with E-state index in [2.05, 4.69) is 15.9 Å². The Balaban J connectivity index is 2.02. The summed E-state index contributed by atoms with van der Waals surface area (Å²) in [5.74, 6) is 0.0887. The van der Waals surface area contributed by atoms with Gasteiger partial charge in [-0.3, -0.25) is 4.79 Å². The molecule has 0 radical (unpaired) electrons. The van der Waals surface area contributed by atoms with Crippen molar-refractivity contribution in [3.05, 3.63) is 20.8 Å². The lowest BCUT2D eigenvalue weighted by Crippen LogP contribution is -2.47. The van der Waals surface area contributed by atoms with E-state index in [0.717, 1.165) is 23.2 Å². The number of amides is 1. The number of rotatable bonds is 2. The highest BCUT2D eigenvalue weighted by atomic mass is 79.9. The van der Waals surface area contributed by atoms with Crippen LogP contribution in [0.3, 0.4) is 0 Å². The Morgan fingerprint density at radius 3 is 3.07 bits per heavy atom. The molecule has 15 heavy (non-hydrogen) atoms. The Morgan fingerprint density at radius 1 is 1.60 bits per heavy atom. The molecule has 1 fully saturated rings. The summed E-state index contributed by atoms with van der Waals surface area (Å²) in [6, 6.07) is 3.76. The van der Waals surface area contributed by atoms with Gasteiger partial charge in [0.2, 0.25) is 5.91 Å². The van der Waals surface area contributed by atoms with Crippen LogP contribution in [-0.2, 0) is 11.3 Å². The Morgan fingerprint density at radius 2 is 2.40 bits per heavy atom. The van der Waals surface area contributed by atoms with Gasteiger partial charge in [0.25, 0.3) is 0 Å². The summed E-state index contributed by atoms with van der Waals surface area (Å²) in [7, 11) is 0. The molecular weight excluding hydrogens is 276 g/mol. The van der Waals surface area contributed by atoms with Crippen LogP contribution in [0.4, 0.5) is 0 Å². The van der Waals surface area contributed by atoms with E-state index in [1.165, 1.54) is 4.88 Å². The van der Waals surface area contributed by atoms with Gasteiger partial charge in [0.1, 0.15) is 0 Å². The van der Waals surface area contributed by atoms with Crippen molar-refractivity contribution in [2.75, 3.05) is 6.54 Å². The van der Waals surface area contributed by atoms with Crippen LogP contribution in [0.1, 0.15) is 17.7 Å². The summed E-state index contributed by atoms with van der Waals surface area (Å²) in [6.45, 7) is 1.53. The van der Waals surface area contributed by atoms with Crippen molar-refractivity contribution in [2.24, 2.45) is 5.73 Å². The molecule has 82 valence electrons. The van der Waals surface area contributed by atoms with Crippen molar-refractivity contribution < 1.29 is 4.79 Å². The molecule has 2 heterocycles. The number of nitrogens with zero attached hydrogens (tertiary/aromatic N) is 1. The number of hydrogen-bond acceptors (Lipinski definition) is 3. The van der Waals surface area contributed by atoms with Crippen LogP contribution in [0.2, 0.25) is 0 Å². The first kappa shape index (κ1) is 11.1. The number of carbonyl (C=O) groups excluding carboxylic acids is 1. The first-order valence-corrected chi connectivity index (χ1v) is 6.56. The molecule has 1 unspecified atom stereocenters. The van der Waals surface area contributed by atoms with Crippen molar-refractivity contribution in [2.45, 2.75) is 25.4 Å². The molecule has 1 aromatic heterocycles. The van der Waals surface area contributed by atoms with E-state index in [9.17, 15) is 4.79 Å². The van der Waals surface area contributed by atoms with Crippen LogP contribution >= 0.6 is 27.3 Å². The zero-order chi connectivity index (χ0) is 10.8. The van der Waals surface area contributed by atoms with Crippen molar-refractivity contribution in [1.29, 1.82) is 0 Å². The fourth-order valence-electron chi connectivity index (χ4n) is 1.75. The molecule has 1 aromatic rings. The number of thiophene rings is 1. The molecule has 0 spiro atoms. The van der Waals surface area contributed by atoms with Gasteiger partial charge < -0.3 is 10.6 Å². The van der Waals surface area contributed by atoms with Crippen LogP contribution in [0.5, 0.6) is 0 Å². The van der Waals surface area contributed by atoms with E-state index in [1.807, 2.05) is 17.0 Å². The van der Waals surface area contributed by atoms with Gasteiger partial charge in [-0.2, -0.15) is 0 Å². The fraction of sp³-hybridized carbons (Fsp3) is 0.500. The third-order valence-electron chi connectivity index (χ3n) is 2.55. The summed E-state index contributed by atoms with van der Waals surface area (Å²) in [5.41, 5.74) is 5.73. The number of nitrogens with two attached hydrogens (primary N) is 1. The Hall–Kier alpha value is -0.390. The molecule has 1 amide bonds. The van der Waals surface area contributed by atoms with Crippen molar-refractivity contribution >= 4 is 33.2 Å². The van der Waals surface area contributed by atoms with Crippen molar-refractivity contribution in [1.82, 2.24) is 4.90 Å². The van der Waals surface area contributed by atoms with Crippen LogP contribution in [0, 0.1) is 0 Å². The highest BCUT2D eigenvalue weighted by molar-refractivity contribution is 9.11. The minimum atomic E-state index is -0.290. The predicted molar refractivity (Wildman–Crippen MR) is 64.6 cm³/mol. The molecule has 2 rings (SSSR count). The van der Waals surface area contributed by atoms with Crippen LogP contribution < -0.4 is 5.73 Å². The third kappa shape index (κ3) is 2.59. The molecule has 1 aliphatic rings. The SMILES string of the molecule is NC1CCCN(Cc2ccc(Br)s2)C1=O. The topological polar surface area (TPSA) is 46.3 Å². The van der Waals surface area contributed by atoms with Crippen molar-refractivity contribution in [3.63, 3.8) is 0 Å². The normalized spacial score (nSPS) is 22.1. The lowest BCUT2D eigenvalue weighted by molar-refractivity contribution is -0.135.